The number of amides is 1. The first kappa shape index (κ1) is 24.5. The molecule has 2 aromatic rings. The molecule has 0 spiro atoms. The van der Waals surface area contributed by atoms with E-state index in [-0.39, 0.29) is 18.6 Å². The van der Waals surface area contributed by atoms with Gasteiger partial charge in [0.2, 0.25) is 15.9 Å². The molecule has 0 fully saturated rings. The number of sulfonamides is 1. The average molecular weight is 449 g/mol. The van der Waals surface area contributed by atoms with Gasteiger partial charge in [-0.2, -0.15) is 0 Å². The van der Waals surface area contributed by atoms with Crippen molar-refractivity contribution in [1.82, 2.24) is 5.32 Å². The Balaban J connectivity index is 1.87. The van der Waals surface area contributed by atoms with Crippen molar-refractivity contribution >= 4 is 21.6 Å². The summed E-state index contributed by atoms with van der Waals surface area (Å²) in [6.07, 6.45) is 2.66. The molecule has 0 aromatic heterocycles. The van der Waals surface area contributed by atoms with E-state index in [1.807, 2.05) is 45.0 Å². The number of ether oxygens (including phenoxy) is 2. The molecule has 0 saturated carbocycles. The molecule has 0 atom stereocenters. The largest absolute Gasteiger partial charge is 0.494 e. The molecule has 1 N–H and O–H groups in total. The fraction of sp³-hybridized carbons (Fsp3) is 0.435. The molecular formula is C23H32N2O5S. The lowest BCUT2D eigenvalue weighted by atomic mass is 10.1. The first-order valence-electron chi connectivity index (χ1n) is 10.4. The van der Waals surface area contributed by atoms with Crippen LogP contribution in [0.5, 0.6) is 11.5 Å². The topological polar surface area (TPSA) is 84.9 Å². The maximum absolute atomic E-state index is 12.4. The van der Waals surface area contributed by atoms with Crippen LogP contribution in [0.3, 0.4) is 0 Å². The van der Waals surface area contributed by atoms with Crippen LogP contribution in [0.25, 0.3) is 0 Å². The number of carbonyl (C=O) groups excluding carboxylic acids is 1. The number of hydrogen-bond donors (Lipinski definition) is 1. The number of benzene rings is 2. The first-order valence-corrected chi connectivity index (χ1v) is 12.3. The van der Waals surface area contributed by atoms with Crippen LogP contribution in [0.1, 0.15) is 32.8 Å². The summed E-state index contributed by atoms with van der Waals surface area (Å²) in [7, 11) is -3.61. The van der Waals surface area contributed by atoms with Crippen molar-refractivity contribution in [3.8, 4) is 11.5 Å². The van der Waals surface area contributed by atoms with Crippen molar-refractivity contribution in [2.45, 2.75) is 39.7 Å². The standard InChI is InChI=1S/C23H32N2O5S/c1-5-29-21-12-8-19(9-13-21)7-6-16-24-23(26)17-25(31(4,27)28)20-10-14-22(15-11-20)30-18(2)3/h8-15,18H,5-7,16-17H2,1-4H3,(H,24,26). The summed E-state index contributed by atoms with van der Waals surface area (Å²) >= 11 is 0. The zero-order valence-electron chi connectivity index (χ0n) is 18.6. The van der Waals surface area contributed by atoms with E-state index in [9.17, 15) is 13.2 Å². The van der Waals surface area contributed by atoms with Crippen LogP contribution in [-0.4, -0.2) is 46.4 Å². The molecule has 0 saturated heterocycles. The third-order valence-corrected chi connectivity index (χ3v) is 5.52. The number of aryl methyl sites for hydroxylation is 1. The Labute approximate surface area is 185 Å². The van der Waals surface area contributed by atoms with Gasteiger partial charge in [0, 0.05) is 6.54 Å². The lowest BCUT2D eigenvalue weighted by Gasteiger charge is -2.22. The van der Waals surface area contributed by atoms with E-state index < -0.39 is 10.0 Å². The second-order valence-corrected chi connectivity index (χ2v) is 9.37. The van der Waals surface area contributed by atoms with Crippen molar-refractivity contribution in [1.29, 1.82) is 0 Å². The summed E-state index contributed by atoms with van der Waals surface area (Å²) in [5.74, 6) is 1.13. The van der Waals surface area contributed by atoms with Gasteiger partial charge in [-0.25, -0.2) is 8.42 Å². The SMILES string of the molecule is CCOc1ccc(CCCNC(=O)CN(c2ccc(OC(C)C)cc2)S(C)(=O)=O)cc1. The Kier molecular flexibility index (Phi) is 9.18. The van der Waals surface area contributed by atoms with E-state index in [1.165, 1.54) is 0 Å². The van der Waals surface area contributed by atoms with Crippen LogP contribution < -0.4 is 19.1 Å². The van der Waals surface area contributed by atoms with Gasteiger partial charge in [0.1, 0.15) is 18.0 Å². The minimum absolute atomic E-state index is 0.0187. The molecule has 170 valence electrons. The highest BCUT2D eigenvalue weighted by Gasteiger charge is 2.20. The number of anilines is 1. The summed E-state index contributed by atoms with van der Waals surface area (Å²) < 4.78 is 36.5. The Morgan fingerprint density at radius 2 is 1.65 bits per heavy atom. The van der Waals surface area contributed by atoms with E-state index >= 15 is 0 Å². The summed E-state index contributed by atoms with van der Waals surface area (Å²) in [5.41, 5.74) is 1.57. The van der Waals surface area contributed by atoms with Gasteiger partial charge in [-0.15, -0.1) is 0 Å². The van der Waals surface area contributed by atoms with Gasteiger partial charge in [-0.3, -0.25) is 9.10 Å². The Bertz CT molecular complexity index is 925. The zero-order valence-corrected chi connectivity index (χ0v) is 19.4. The second-order valence-electron chi connectivity index (χ2n) is 7.46. The average Bonchev–Trinajstić information content (AvgIpc) is 2.70. The fourth-order valence-corrected chi connectivity index (χ4v) is 3.85. The minimum Gasteiger partial charge on any atom is -0.494 e. The third-order valence-electron chi connectivity index (χ3n) is 4.38. The van der Waals surface area contributed by atoms with Crippen LogP contribution in [0.4, 0.5) is 5.69 Å². The summed E-state index contributed by atoms with van der Waals surface area (Å²) in [6, 6.07) is 14.5. The molecule has 0 bridgehead atoms. The van der Waals surface area contributed by atoms with E-state index in [1.54, 1.807) is 24.3 Å². The molecule has 0 unspecified atom stereocenters. The number of nitrogens with one attached hydrogen (secondary N) is 1. The van der Waals surface area contributed by atoms with Crippen molar-refractivity contribution < 1.29 is 22.7 Å². The van der Waals surface area contributed by atoms with E-state index in [2.05, 4.69) is 5.32 Å². The minimum atomic E-state index is -3.61. The molecule has 8 heteroatoms. The summed E-state index contributed by atoms with van der Waals surface area (Å²) in [4.78, 5) is 12.4. The lowest BCUT2D eigenvalue weighted by Crippen LogP contribution is -2.40. The molecule has 7 nitrogen and oxygen atoms in total. The molecule has 0 heterocycles. The molecule has 0 aliphatic rings. The molecule has 31 heavy (non-hydrogen) atoms. The molecule has 2 aromatic carbocycles. The zero-order chi connectivity index (χ0) is 22.9. The smallest absolute Gasteiger partial charge is 0.240 e. The maximum atomic E-state index is 12.4. The van der Waals surface area contributed by atoms with Gasteiger partial charge in [0.05, 0.1) is 24.7 Å². The third kappa shape index (κ3) is 8.49. The number of rotatable bonds is 12. The van der Waals surface area contributed by atoms with Crippen molar-refractivity contribution in [3.05, 3.63) is 54.1 Å². The monoisotopic (exact) mass is 448 g/mol. The van der Waals surface area contributed by atoms with Gasteiger partial charge < -0.3 is 14.8 Å². The number of carbonyl (C=O) groups is 1. The normalized spacial score (nSPS) is 11.3. The highest BCUT2D eigenvalue weighted by atomic mass is 32.2. The highest BCUT2D eigenvalue weighted by molar-refractivity contribution is 7.92. The Morgan fingerprint density at radius 3 is 2.19 bits per heavy atom. The van der Waals surface area contributed by atoms with Crippen molar-refractivity contribution in [2.24, 2.45) is 0 Å². The van der Waals surface area contributed by atoms with Crippen LogP contribution in [0.2, 0.25) is 0 Å². The Morgan fingerprint density at radius 1 is 1.03 bits per heavy atom. The highest BCUT2D eigenvalue weighted by Crippen LogP contribution is 2.22. The molecule has 2 rings (SSSR count). The maximum Gasteiger partial charge on any atom is 0.240 e. The van der Waals surface area contributed by atoms with Gasteiger partial charge in [0.15, 0.2) is 0 Å². The van der Waals surface area contributed by atoms with Gasteiger partial charge in [-0.1, -0.05) is 12.1 Å². The van der Waals surface area contributed by atoms with Crippen LogP contribution in [0.15, 0.2) is 48.5 Å². The molecule has 0 aliphatic heterocycles. The van der Waals surface area contributed by atoms with E-state index in [0.717, 1.165) is 34.7 Å². The van der Waals surface area contributed by atoms with Crippen LogP contribution in [-0.2, 0) is 21.2 Å². The quantitative estimate of drug-likeness (QED) is 0.503. The summed E-state index contributed by atoms with van der Waals surface area (Å²) in [6.45, 7) is 6.59. The Hall–Kier alpha value is -2.74. The lowest BCUT2D eigenvalue weighted by molar-refractivity contribution is -0.119. The summed E-state index contributed by atoms with van der Waals surface area (Å²) in [5, 5.41) is 2.80. The molecule has 0 radical (unpaired) electrons. The van der Waals surface area contributed by atoms with Crippen LogP contribution >= 0.6 is 0 Å². The van der Waals surface area contributed by atoms with Crippen molar-refractivity contribution in [3.63, 3.8) is 0 Å². The molecular weight excluding hydrogens is 416 g/mol. The van der Waals surface area contributed by atoms with Crippen LogP contribution in [0, 0.1) is 0 Å². The van der Waals surface area contributed by atoms with Gasteiger partial charge in [-0.05, 0) is 75.6 Å². The molecule has 0 aliphatic carbocycles. The first-order chi connectivity index (χ1) is 14.7. The number of hydrogen-bond acceptors (Lipinski definition) is 5. The number of nitrogens with zero attached hydrogens (tertiary/aromatic N) is 1. The molecule has 1 amide bonds. The van der Waals surface area contributed by atoms with Gasteiger partial charge >= 0.3 is 0 Å². The van der Waals surface area contributed by atoms with Gasteiger partial charge in [0.25, 0.3) is 0 Å². The second kappa shape index (κ2) is 11.6. The van der Waals surface area contributed by atoms with E-state index in [0.29, 0.717) is 24.6 Å². The van der Waals surface area contributed by atoms with E-state index in [4.69, 9.17) is 9.47 Å². The van der Waals surface area contributed by atoms with Crippen molar-refractivity contribution in [2.75, 3.05) is 30.3 Å². The fourth-order valence-electron chi connectivity index (χ4n) is 2.99. The predicted octanol–water partition coefficient (Wildman–Crippen LogP) is 3.39. The predicted molar refractivity (Wildman–Crippen MR) is 123 cm³/mol.